The zero-order valence-corrected chi connectivity index (χ0v) is 16.0. The van der Waals surface area contributed by atoms with Crippen LogP contribution in [0.25, 0.3) is 5.57 Å². The van der Waals surface area contributed by atoms with Crippen molar-refractivity contribution in [2.45, 2.75) is 19.8 Å². The highest BCUT2D eigenvalue weighted by Crippen LogP contribution is 2.32. The molecule has 0 fully saturated rings. The number of hydrogen-bond acceptors (Lipinski definition) is 3. The lowest BCUT2D eigenvalue weighted by molar-refractivity contribution is -0.136. The van der Waals surface area contributed by atoms with Crippen molar-refractivity contribution in [3.8, 4) is 11.5 Å². The third-order valence-corrected chi connectivity index (χ3v) is 5.33. The summed E-state index contributed by atoms with van der Waals surface area (Å²) in [6, 6.07) is 12.3. The van der Waals surface area contributed by atoms with Crippen molar-refractivity contribution in [1.82, 2.24) is 4.90 Å². The fraction of sp³-hybridized carbons (Fsp3) is 0.348. The normalized spacial score (nSPS) is 18.7. The van der Waals surface area contributed by atoms with Crippen molar-refractivity contribution in [2.75, 3.05) is 26.3 Å². The molecule has 0 aromatic heterocycles. The molecule has 0 bridgehead atoms. The van der Waals surface area contributed by atoms with Crippen LogP contribution in [0.3, 0.4) is 0 Å². The predicted molar refractivity (Wildman–Crippen MR) is 106 cm³/mol. The Hall–Kier alpha value is -2.82. The number of rotatable bonds is 4. The van der Waals surface area contributed by atoms with Gasteiger partial charge in [0.2, 0.25) is 5.91 Å². The molecule has 0 radical (unpaired) electrons. The van der Waals surface area contributed by atoms with E-state index in [1.807, 2.05) is 30.0 Å². The minimum atomic E-state index is -0.234. The zero-order chi connectivity index (χ0) is 19.5. The van der Waals surface area contributed by atoms with Crippen LogP contribution in [0.4, 0.5) is 4.39 Å². The Morgan fingerprint density at radius 2 is 2.07 bits per heavy atom. The summed E-state index contributed by atoms with van der Waals surface area (Å²) in [4.78, 5) is 14.9. The van der Waals surface area contributed by atoms with E-state index >= 15 is 0 Å². The second-order valence-electron chi connectivity index (χ2n) is 7.19. The average Bonchev–Trinajstić information content (AvgIpc) is 2.74. The van der Waals surface area contributed by atoms with Gasteiger partial charge >= 0.3 is 0 Å². The molecule has 4 rings (SSSR count). The van der Waals surface area contributed by atoms with Crippen molar-refractivity contribution in [3.05, 3.63) is 65.5 Å². The van der Waals surface area contributed by atoms with E-state index < -0.39 is 0 Å². The van der Waals surface area contributed by atoms with Gasteiger partial charge in [0.15, 0.2) is 0 Å². The lowest BCUT2D eigenvalue weighted by atomic mass is 9.93. The summed E-state index contributed by atoms with van der Waals surface area (Å²) in [7, 11) is 0. The van der Waals surface area contributed by atoms with Gasteiger partial charge in [-0.3, -0.25) is 4.79 Å². The van der Waals surface area contributed by atoms with Crippen molar-refractivity contribution in [2.24, 2.45) is 5.92 Å². The van der Waals surface area contributed by atoms with Crippen LogP contribution >= 0.6 is 0 Å². The van der Waals surface area contributed by atoms with E-state index in [1.54, 1.807) is 12.1 Å². The highest BCUT2D eigenvalue weighted by molar-refractivity contribution is 5.81. The first-order valence-electron chi connectivity index (χ1n) is 9.76. The molecule has 2 aliphatic heterocycles. The second kappa shape index (κ2) is 8.05. The van der Waals surface area contributed by atoms with E-state index in [4.69, 9.17) is 9.47 Å². The van der Waals surface area contributed by atoms with E-state index in [2.05, 4.69) is 6.08 Å². The van der Waals surface area contributed by atoms with Crippen LogP contribution < -0.4 is 9.47 Å². The summed E-state index contributed by atoms with van der Waals surface area (Å²) in [6.45, 7) is 4.22. The molecule has 0 N–H and O–H groups in total. The molecule has 2 heterocycles. The van der Waals surface area contributed by atoms with Crippen molar-refractivity contribution < 1.29 is 18.7 Å². The standard InChI is InChI=1S/C23H24FNO3/c1-2-27-21-7-8-22-18(14-21)13-19(15-28-22)23(26)25-11-9-17(10-12-25)16-3-5-20(24)6-4-16/h3-9,14,19H,2,10-13,15H2,1H3. The van der Waals surface area contributed by atoms with Gasteiger partial charge in [0.05, 0.1) is 12.5 Å². The maximum Gasteiger partial charge on any atom is 0.229 e. The van der Waals surface area contributed by atoms with Crippen LogP contribution in [0.1, 0.15) is 24.5 Å². The Labute approximate surface area is 164 Å². The first kappa shape index (κ1) is 18.5. The van der Waals surface area contributed by atoms with E-state index in [1.165, 1.54) is 12.1 Å². The van der Waals surface area contributed by atoms with E-state index in [0.29, 0.717) is 32.7 Å². The first-order chi connectivity index (χ1) is 13.6. The SMILES string of the molecule is CCOc1ccc2c(c1)CC(C(=O)N1CC=C(c3ccc(F)cc3)CC1)CO2. The lowest BCUT2D eigenvalue weighted by Gasteiger charge is -2.32. The highest BCUT2D eigenvalue weighted by atomic mass is 19.1. The van der Waals surface area contributed by atoms with Gasteiger partial charge in [-0.2, -0.15) is 0 Å². The summed E-state index contributed by atoms with van der Waals surface area (Å²) < 4.78 is 24.5. The van der Waals surface area contributed by atoms with E-state index in [9.17, 15) is 9.18 Å². The topological polar surface area (TPSA) is 38.8 Å². The van der Waals surface area contributed by atoms with Crippen LogP contribution in [0, 0.1) is 11.7 Å². The zero-order valence-electron chi connectivity index (χ0n) is 16.0. The molecule has 0 saturated carbocycles. The Bertz CT molecular complexity index is 891. The molecule has 28 heavy (non-hydrogen) atoms. The number of nitrogens with zero attached hydrogens (tertiary/aromatic N) is 1. The molecular formula is C23H24FNO3. The molecule has 1 atom stereocenters. The number of carbonyl (C=O) groups excluding carboxylic acids is 1. The minimum absolute atomic E-state index is 0.127. The number of halogens is 1. The third kappa shape index (κ3) is 3.88. The quantitative estimate of drug-likeness (QED) is 0.801. The highest BCUT2D eigenvalue weighted by Gasteiger charge is 2.30. The van der Waals surface area contributed by atoms with E-state index in [0.717, 1.165) is 34.6 Å². The Morgan fingerprint density at radius 3 is 2.79 bits per heavy atom. The summed E-state index contributed by atoms with van der Waals surface area (Å²) in [5.41, 5.74) is 3.21. The van der Waals surface area contributed by atoms with Gasteiger partial charge in [-0.05, 0) is 66.8 Å². The van der Waals surface area contributed by atoms with Gasteiger partial charge in [0.1, 0.15) is 23.9 Å². The average molecular weight is 381 g/mol. The molecule has 1 unspecified atom stereocenters. The first-order valence-corrected chi connectivity index (χ1v) is 9.76. The van der Waals surface area contributed by atoms with Gasteiger partial charge in [-0.15, -0.1) is 0 Å². The number of ether oxygens (including phenoxy) is 2. The Morgan fingerprint density at radius 1 is 1.25 bits per heavy atom. The fourth-order valence-electron chi connectivity index (χ4n) is 3.84. The van der Waals surface area contributed by atoms with Crippen LogP contribution in [0.15, 0.2) is 48.5 Å². The minimum Gasteiger partial charge on any atom is -0.494 e. The molecule has 2 aromatic carbocycles. The van der Waals surface area contributed by atoms with Crippen molar-refractivity contribution in [3.63, 3.8) is 0 Å². The Balaban J connectivity index is 1.41. The summed E-state index contributed by atoms with van der Waals surface area (Å²) in [6.07, 6.45) is 3.51. The molecular weight excluding hydrogens is 357 g/mol. The van der Waals surface area contributed by atoms with E-state index in [-0.39, 0.29) is 17.6 Å². The van der Waals surface area contributed by atoms with Gasteiger partial charge in [0, 0.05) is 13.1 Å². The number of benzene rings is 2. The molecule has 2 aromatic rings. The number of hydrogen-bond donors (Lipinski definition) is 0. The maximum atomic E-state index is 13.1. The summed E-state index contributed by atoms with van der Waals surface area (Å²) in [5.74, 6) is 1.36. The molecule has 0 saturated heterocycles. The van der Waals surface area contributed by atoms with Crippen LogP contribution in [-0.2, 0) is 11.2 Å². The van der Waals surface area contributed by atoms with Crippen LogP contribution in [0.2, 0.25) is 0 Å². The largest absolute Gasteiger partial charge is 0.494 e. The van der Waals surface area contributed by atoms with Crippen molar-refractivity contribution >= 4 is 11.5 Å². The maximum absolute atomic E-state index is 13.1. The predicted octanol–water partition coefficient (Wildman–Crippen LogP) is 4.09. The van der Waals surface area contributed by atoms with Gasteiger partial charge in [-0.25, -0.2) is 4.39 Å². The molecule has 0 spiro atoms. The van der Waals surface area contributed by atoms with Gasteiger partial charge in [-0.1, -0.05) is 18.2 Å². The molecule has 4 nitrogen and oxygen atoms in total. The monoisotopic (exact) mass is 381 g/mol. The lowest BCUT2D eigenvalue weighted by Crippen LogP contribution is -2.42. The van der Waals surface area contributed by atoms with Crippen molar-refractivity contribution in [1.29, 1.82) is 0 Å². The van der Waals surface area contributed by atoms with Gasteiger partial charge in [0.25, 0.3) is 0 Å². The smallest absolute Gasteiger partial charge is 0.229 e. The number of carbonyl (C=O) groups is 1. The molecule has 146 valence electrons. The summed E-state index contributed by atoms with van der Waals surface area (Å²) >= 11 is 0. The number of amides is 1. The fourth-order valence-corrected chi connectivity index (χ4v) is 3.84. The van der Waals surface area contributed by atoms with Gasteiger partial charge < -0.3 is 14.4 Å². The molecule has 2 aliphatic rings. The molecule has 1 amide bonds. The third-order valence-electron chi connectivity index (χ3n) is 5.33. The molecule has 5 heteroatoms. The number of fused-ring (bicyclic) bond motifs is 1. The summed E-state index contributed by atoms with van der Waals surface area (Å²) in [5, 5.41) is 0. The van der Waals surface area contributed by atoms with Crippen LogP contribution in [0.5, 0.6) is 11.5 Å². The molecule has 0 aliphatic carbocycles. The second-order valence-corrected chi connectivity index (χ2v) is 7.19. The Kier molecular flexibility index (Phi) is 5.33. The van der Waals surface area contributed by atoms with Crippen LogP contribution in [-0.4, -0.2) is 37.1 Å².